The molecule has 0 radical (unpaired) electrons. The Hall–Kier alpha value is -2.82. The summed E-state index contributed by atoms with van der Waals surface area (Å²) in [6, 6.07) is 12.5. The predicted octanol–water partition coefficient (Wildman–Crippen LogP) is 5.55. The Bertz CT molecular complexity index is 840. The first kappa shape index (κ1) is 20.9. The van der Waals surface area contributed by atoms with E-state index in [1.807, 2.05) is 25.1 Å². The van der Waals surface area contributed by atoms with Gasteiger partial charge in [0.1, 0.15) is 5.75 Å². The van der Waals surface area contributed by atoms with Crippen LogP contribution < -0.4 is 15.4 Å². The zero-order valence-corrected chi connectivity index (χ0v) is 17.3. The quantitative estimate of drug-likeness (QED) is 0.646. The Morgan fingerprint density at radius 2 is 1.72 bits per heavy atom. The molecule has 2 aromatic carbocycles. The second-order valence-electron chi connectivity index (χ2n) is 7.80. The fourth-order valence-electron chi connectivity index (χ4n) is 3.85. The van der Waals surface area contributed by atoms with Crippen LogP contribution in [0.5, 0.6) is 5.75 Å². The Morgan fingerprint density at radius 1 is 1.00 bits per heavy atom. The van der Waals surface area contributed by atoms with Crippen molar-refractivity contribution in [2.24, 2.45) is 5.92 Å². The number of aryl methyl sites for hydroxylation is 1. The molecule has 0 atom stereocenters. The highest BCUT2D eigenvalue weighted by molar-refractivity contribution is 6.05. The number of anilines is 2. The highest BCUT2D eigenvalue weighted by Crippen LogP contribution is 2.27. The van der Waals surface area contributed by atoms with E-state index in [2.05, 4.69) is 10.6 Å². The van der Waals surface area contributed by atoms with E-state index in [1.54, 1.807) is 31.4 Å². The van der Waals surface area contributed by atoms with Crippen LogP contribution in [-0.4, -0.2) is 18.9 Å². The van der Waals surface area contributed by atoms with E-state index in [-0.39, 0.29) is 11.8 Å². The van der Waals surface area contributed by atoms with Gasteiger partial charge in [0.25, 0.3) is 5.91 Å². The van der Waals surface area contributed by atoms with Gasteiger partial charge in [0.2, 0.25) is 5.91 Å². The predicted molar refractivity (Wildman–Crippen MR) is 117 cm³/mol. The van der Waals surface area contributed by atoms with E-state index < -0.39 is 0 Å². The lowest BCUT2D eigenvalue weighted by Crippen LogP contribution is -2.15. The fourth-order valence-corrected chi connectivity index (χ4v) is 3.85. The smallest absolute Gasteiger partial charge is 0.255 e. The molecule has 0 bridgehead atoms. The van der Waals surface area contributed by atoms with E-state index in [1.165, 1.54) is 32.1 Å². The molecule has 0 unspecified atom stereocenters. The van der Waals surface area contributed by atoms with Gasteiger partial charge in [-0.25, -0.2) is 0 Å². The lowest BCUT2D eigenvalue weighted by molar-refractivity contribution is -0.116. The highest BCUT2D eigenvalue weighted by Gasteiger charge is 2.15. The average molecular weight is 395 g/mol. The van der Waals surface area contributed by atoms with Crippen LogP contribution in [0.3, 0.4) is 0 Å². The summed E-state index contributed by atoms with van der Waals surface area (Å²) in [5, 5.41) is 5.90. The molecule has 2 N–H and O–H groups in total. The molecule has 0 spiro atoms. The molecule has 3 rings (SSSR count). The topological polar surface area (TPSA) is 67.4 Å². The average Bonchev–Trinajstić information content (AvgIpc) is 2.75. The van der Waals surface area contributed by atoms with Gasteiger partial charge in [-0.05, 0) is 67.3 Å². The molecule has 5 nitrogen and oxygen atoms in total. The summed E-state index contributed by atoms with van der Waals surface area (Å²) in [7, 11) is 1.59. The zero-order chi connectivity index (χ0) is 20.6. The molecule has 5 heteroatoms. The van der Waals surface area contributed by atoms with Gasteiger partial charge in [0, 0.05) is 23.4 Å². The third-order valence-electron chi connectivity index (χ3n) is 5.61. The van der Waals surface area contributed by atoms with E-state index in [0.29, 0.717) is 23.7 Å². The molecule has 154 valence electrons. The normalized spacial score (nSPS) is 14.3. The maximum atomic E-state index is 12.4. The molecular formula is C24H30N2O3. The summed E-state index contributed by atoms with van der Waals surface area (Å²) in [6.45, 7) is 1.92. The molecule has 0 saturated heterocycles. The number of hydrogen-bond donors (Lipinski definition) is 2. The third kappa shape index (κ3) is 6.08. The second-order valence-corrected chi connectivity index (χ2v) is 7.80. The van der Waals surface area contributed by atoms with E-state index in [0.717, 1.165) is 23.4 Å². The van der Waals surface area contributed by atoms with Crippen LogP contribution in [0.2, 0.25) is 0 Å². The van der Waals surface area contributed by atoms with Crippen LogP contribution in [0, 0.1) is 12.8 Å². The number of methoxy groups -OCH3 is 1. The molecular weight excluding hydrogens is 364 g/mol. The lowest BCUT2D eigenvalue weighted by Gasteiger charge is -2.21. The van der Waals surface area contributed by atoms with Crippen LogP contribution in [0.25, 0.3) is 0 Å². The maximum Gasteiger partial charge on any atom is 0.255 e. The Kier molecular flexibility index (Phi) is 7.28. The lowest BCUT2D eigenvalue weighted by atomic mass is 9.86. The number of hydrogen-bond acceptors (Lipinski definition) is 3. The van der Waals surface area contributed by atoms with Gasteiger partial charge in [-0.3, -0.25) is 9.59 Å². The van der Waals surface area contributed by atoms with Crippen molar-refractivity contribution in [3.63, 3.8) is 0 Å². The number of carbonyl (C=O) groups is 2. The largest absolute Gasteiger partial charge is 0.497 e. The molecule has 0 aromatic heterocycles. The summed E-state index contributed by atoms with van der Waals surface area (Å²) in [6.07, 6.45) is 8.00. The summed E-state index contributed by atoms with van der Waals surface area (Å²) < 4.78 is 5.12. The molecule has 1 fully saturated rings. The van der Waals surface area contributed by atoms with Crippen molar-refractivity contribution in [3.05, 3.63) is 53.6 Å². The Morgan fingerprint density at radius 3 is 2.38 bits per heavy atom. The van der Waals surface area contributed by atoms with Crippen molar-refractivity contribution < 1.29 is 14.3 Å². The molecule has 1 aliphatic rings. The van der Waals surface area contributed by atoms with Crippen LogP contribution in [-0.2, 0) is 4.79 Å². The standard InChI is InChI=1S/C24H30N2O3/c1-17-16-20(25-23(27)15-8-18-6-4-3-5-7-18)11-14-22(17)26-24(28)19-9-12-21(29-2)13-10-19/h9-14,16,18H,3-8,15H2,1-2H3,(H,25,27)(H,26,28). The van der Waals surface area contributed by atoms with Gasteiger partial charge in [0.15, 0.2) is 0 Å². The first-order valence-electron chi connectivity index (χ1n) is 10.4. The van der Waals surface area contributed by atoms with Gasteiger partial charge >= 0.3 is 0 Å². The third-order valence-corrected chi connectivity index (χ3v) is 5.61. The number of ether oxygens (including phenoxy) is 1. The van der Waals surface area contributed by atoms with E-state index in [4.69, 9.17) is 4.74 Å². The fraction of sp³-hybridized carbons (Fsp3) is 0.417. The van der Waals surface area contributed by atoms with Crippen LogP contribution in [0.15, 0.2) is 42.5 Å². The summed E-state index contributed by atoms with van der Waals surface area (Å²) in [5.74, 6) is 1.29. The van der Waals surface area contributed by atoms with Gasteiger partial charge in [0.05, 0.1) is 7.11 Å². The van der Waals surface area contributed by atoms with Gasteiger partial charge < -0.3 is 15.4 Å². The molecule has 1 aliphatic carbocycles. The van der Waals surface area contributed by atoms with E-state index >= 15 is 0 Å². The van der Waals surface area contributed by atoms with Crippen molar-refractivity contribution in [2.75, 3.05) is 17.7 Å². The Labute approximate surface area is 172 Å². The van der Waals surface area contributed by atoms with Crippen LogP contribution in [0.1, 0.15) is 60.9 Å². The van der Waals surface area contributed by atoms with E-state index in [9.17, 15) is 9.59 Å². The minimum Gasteiger partial charge on any atom is -0.497 e. The van der Waals surface area contributed by atoms with Crippen molar-refractivity contribution in [3.8, 4) is 5.75 Å². The molecule has 29 heavy (non-hydrogen) atoms. The number of amides is 2. The monoisotopic (exact) mass is 394 g/mol. The molecule has 0 aliphatic heterocycles. The number of benzene rings is 2. The first-order valence-corrected chi connectivity index (χ1v) is 10.4. The minimum absolute atomic E-state index is 0.0602. The first-order chi connectivity index (χ1) is 14.0. The van der Waals surface area contributed by atoms with Crippen molar-refractivity contribution in [1.29, 1.82) is 0 Å². The zero-order valence-electron chi connectivity index (χ0n) is 17.3. The molecule has 0 heterocycles. The number of nitrogens with one attached hydrogen (secondary N) is 2. The van der Waals surface area contributed by atoms with Crippen LogP contribution in [0.4, 0.5) is 11.4 Å². The second kappa shape index (κ2) is 10.1. The Balaban J connectivity index is 1.53. The van der Waals surface area contributed by atoms with Gasteiger partial charge in [-0.2, -0.15) is 0 Å². The number of rotatable bonds is 7. The van der Waals surface area contributed by atoms with Gasteiger partial charge in [-0.15, -0.1) is 0 Å². The summed E-state index contributed by atoms with van der Waals surface area (Å²) in [4.78, 5) is 24.7. The maximum absolute atomic E-state index is 12.4. The van der Waals surface area contributed by atoms with Crippen molar-refractivity contribution in [1.82, 2.24) is 0 Å². The minimum atomic E-state index is -0.181. The summed E-state index contributed by atoms with van der Waals surface area (Å²) in [5.41, 5.74) is 2.95. The van der Waals surface area contributed by atoms with Crippen molar-refractivity contribution in [2.45, 2.75) is 51.9 Å². The summed E-state index contributed by atoms with van der Waals surface area (Å²) >= 11 is 0. The molecule has 1 saturated carbocycles. The van der Waals surface area contributed by atoms with Gasteiger partial charge in [-0.1, -0.05) is 32.1 Å². The number of carbonyl (C=O) groups excluding carboxylic acids is 2. The molecule has 2 amide bonds. The highest BCUT2D eigenvalue weighted by atomic mass is 16.5. The SMILES string of the molecule is COc1ccc(C(=O)Nc2ccc(NC(=O)CCC3CCCCC3)cc2C)cc1. The molecule has 2 aromatic rings. The van der Waals surface area contributed by atoms with Crippen molar-refractivity contribution >= 4 is 23.2 Å². The van der Waals surface area contributed by atoms with Crippen LogP contribution >= 0.6 is 0 Å².